The number of hydrogen-bond donors (Lipinski definition) is 1. The number of carbonyl (C=O) groups excluding carboxylic acids is 2. The van der Waals surface area contributed by atoms with E-state index in [4.69, 9.17) is 0 Å². The first-order valence-electron chi connectivity index (χ1n) is 8.46. The predicted octanol–water partition coefficient (Wildman–Crippen LogP) is -0.542. The van der Waals surface area contributed by atoms with Gasteiger partial charge < -0.3 is 19.6 Å². The molecule has 1 aliphatic heterocycles. The number of piperazine rings is 1. The summed E-state index contributed by atoms with van der Waals surface area (Å²) in [7, 11) is 5.88. The van der Waals surface area contributed by atoms with Crippen molar-refractivity contribution in [1.82, 2.24) is 9.80 Å². The van der Waals surface area contributed by atoms with Crippen molar-refractivity contribution in [3.05, 3.63) is 29.8 Å². The van der Waals surface area contributed by atoms with Gasteiger partial charge in [0.05, 0.1) is 26.2 Å². The first kappa shape index (κ1) is 18.3. The normalized spacial score (nSPS) is 15.2. The second-order valence-electron chi connectivity index (χ2n) is 6.74. The van der Waals surface area contributed by atoms with Crippen molar-refractivity contribution in [1.29, 1.82) is 0 Å². The highest BCUT2D eigenvalue weighted by Crippen LogP contribution is 2.13. The first-order chi connectivity index (χ1) is 11.4. The molecule has 6 nitrogen and oxygen atoms in total. The quantitative estimate of drug-likeness (QED) is 0.787. The number of carbonyl (C=O) groups is 2. The van der Waals surface area contributed by atoms with Crippen LogP contribution >= 0.6 is 0 Å². The van der Waals surface area contributed by atoms with Gasteiger partial charge in [-0.3, -0.25) is 9.59 Å². The maximum Gasteiger partial charge on any atom is 0.277 e. The fourth-order valence-electron chi connectivity index (χ4n) is 2.92. The molecule has 1 aromatic rings. The van der Waals surface area contributed by atoms with E-state index >= 15 is 0 Å². The first-order valence-corrected chi connectivity index (χ1v) is 8.46. The zero-order valence-corrected chi connectivity index (χ0v) is 15.2. The van der Waals surface area contributed by atoms with Crippen molar-refractivity contribution in [3.8, 4) is 0 Å². The Kier molecular flexibility index (Phi) is 6.20. The van der Waals surface area contributed by atoms with Crippen molar-refractivity contribution in [2.45, 2.75) is 13.5 Å². The highest BCUT2D eigenvalue weighted by Gasteiger charge is 2.24. The summed E-state index contributed by atoms with van der Waals surface area (Å²) < 4.78 is 0. The number of rotatable bonds is 5. The van der Waals surface area contributed by atoms with Crippen LogP contribution in [0.5, 0.6) is 0 Å². The molecule has 1 fully saturated rings. The SMILES string of the molecule is CC(=O)N1CC[NH+](CC(=O)N(C)Cc2ccc(N(C)C)cc2)CC1. The van der Waals surface area contributed by atoms with E-state index in [0.29, 0.717) is 13.1 Å². The molecule has 0 aromatic heterocycles. The fourth-order valence-corrected chi connectivity index (χ4v) is 2.92. The second-order valence-corrected chi connectivity index (χ2v) is 6.74. The average Bonchev–Trinajstić information content (AvgIpc) is 2.55. The molecule has 0 radical (unpaired) electrons. The highest BCUT2D eigenvalue weighted by atomic mass is 16.2. The fraction of sp³-hybridized carbons (Fsp3) is 0.556. The van der Waals surface area contributed by atoms with Gasteiger partial charge in [0.25, 0.3) is 5.91 Å². The molecule has 0 aliphatic carbocycles. The smallest absolute Gasteiger partial charge is 0.277 e. The van der Waals surface area contributed by atoms with Crippen LogP contribution in [0.2, 0.25) is 0 Å². The molecule has 0 unspecified atom stereocenters. The lowest BCUT2D eigenvalue weighted by molar-refractivity contribution is -0.896. The Balaban J connectivity index is 1.81. The zero-order chi connectivity index (χ0) is 17.7. The van der Waals surface area contributed by atoms with E-state index in [0.717, 1.165) is 37.4 Å². The Labute approximate surface area is 144 Å². The summed E-state index contributed by atoms with van der Waals surface area (Å²) >= 11 is 0. The molecular weight excluding hydrogens is 304 g/mol. The molecule has 1 heterocycles. The minimum atomic E-state index is 0.124. The molecule has 1 aliphatic rings. The van der Waals surface area contributed by atoms with E-state index in [2.05, 4.69) is 29.2 Å². The number of hydrogen-bond acceptors (Lipinski definition) is 3. The molecule has 0 spiro atoms. The summed E-state index contributed by atoms with van der Waals surface area (Å²) in [5, 5.41) is 0. The largest absolute Gasteiger partial charge is 0.378 e. The van der Waals surface area contributed by atoms with E-state index in [-0.39, 0.29) is 11.8 Å². The monoisotopic (exact) mass is 333 g/mol. The van der Waals surface area contributed by atoms with Crippen molar-refractivity contribution < 1.29 is 14.5 Å². The van der Waals surface area contributed by atoms with Crippen LogP contribution in [-0.2, 0) is 16.1 Å². The second kappa shape index (κ2) is 8.15. The number of likely N-dealkylation sites (N-methyl/N-ethyl adjacent to an activating group) is 1. The van der Waals surface area contributed by atoms with Gasteiger partial charge in [0.15, 0.2) is 6.54 Å². The van der Waals surface area contributed by atoms with Crippen LogP contribution < -0.4 is 9.80 Å². The van der Waals surface area contributed by atoms with Gasteiger partial charge in [-0.25, -0.2) is 0 Å². The number of nitrogens with zero attached hydrogens (tertiary/aromatic N) is 3. The third kappa shape index (κ3) is 4.96. The van der Waals surface area contributed by atoms with Crippen molar-refractivity contribution in [2.75, 3.05) is 58.8 Å². The van der Waals surface area contributed by atoms with E-state index in [1.807, 2.05) is 26.0 Å². The lowest BCUT2D eigenvalue weighted by atomic mass is 10.2. The lowest BCUT2D eigenvalue weighted by Crippen LogP contribution is -3.15. The number of anilines is 1. The Morgan fingerprint density at radius 2 is 1.67 bits per heavy atom. The van der Waals surface area contributed by atoms with Crippen LogP contribution in [0.4, 0.5) is 5.69 Å². The van der Waals surface area contributed by atoms with Crippen LogP contribution in [0.25, 0.3) is 0 Å². The van der Waals surface area contributed by atoms with Gasteiger partial charge >= 0.3 is 0 Å². The average molecular weight is 333 g/mol. The molecule has 6 heteroatoms. The van der Waals surface area contributed by atoms with Crippen LogP contribution in [-0.4, -0.2) is 75.5 Å². The molecule has 2 amide bonds. The molecule has 1 aromatic carbocycles. The lowest BCUT2D eigenvalue weighted by Gasteiger charge is -2.32. The van der Waals surface area contributed by atoms with Gasteiger partial charge in [0, 0.05) is 40.3 Å². The third-order valence-corrected chi connectivity index (χ3v) is 4.62. The molecule has 24 heavy (non-hydrogen) atoms. The van der Waals surface area contributed by atoms with Crippen molar-refractivity contribution >= 4 is 17.5 Å². The van der Waals surface area contributed by atoms with Gasteiger partial charge in [-0.05, 0) is 17.7 Å². The molecule has 1 N–H and O–H groups in total. The minimum absolute atomic E-state index is 0.124. The topological polar surface area (TPSA) is 48.3 Å². The maximum atomic E-state index is 12.4. The Morgan fingerprint density at radius 3 is 2.17 bits per heavy atom. The minimum Gasteiger partial charge on any atom is -0.378 e. The van der Waals surface area contributed by atoms with Crippen molar-refractivity contribution in [2.24, 2.45) is 0 Å². The number of benzene rings is 1. The Bertz CT molecular complexity index is 563. The molecule has 2 rings (SSSR count). The summed E-state index contributed by atoms with van der Waals surface area (Å²) in [5.41, 5.74) is 2.29. The van der Waals surface area contributed by atoms with Gasteiger partial charge in [0.2, 0.25) is 5.91 Å². The van der Waals surface area contributed by atoms with Crippen LogP contribution in [0.3, 0.4) is 0 Å². The number of nitrogens with one attached hydrogen (secondary N) is 1. The van der Waals surface area contributed by atoms with E-state index in [1.165, 1.54) is 4.90 Å². The van der Waals surface area contributed by atoms with E-state index in [1.54, 1.807) is 11.8 Å². The van der Waals surface area contributed by atoms with Gasteiger partial charge in [-0.1, -0.05) is 12.1 Å². The van der Waals surface area contributed by atoms with Crippen molar-refractivity contribution in [3.63, 3.8) is 0 Å². The van der Waals surface area contributed by atoms with E-state index < -0.39 is 0 Å². The molecule has 1 saturated heterocycles. The van der Waals surface area contributed by atoms with Crippen LogP contribution in [0.15, 0.2) is 24.3 Å². The zero-order valence-electron chi connectivity index (χ0n) is 15.2. The van der Waals surface area contributed by atoms with Crippen LogP contribution in [0.1, 0.15) is 12.5 Å². The summed E-state index contributed by atoms with van der Waals surface area (Å²) in [6, 6.07) is 8.27. The Hall–Kier alpha value is -2.08. The van der Waals surface area contributed by atoms with E-state index in [9.17, 15) is 9.59 Å². The molecule has 0 atom stereocenters. The summed E-state index contributed by atoms with van der Waals surface area (Å²) in [6.45, 7) is 5.90. The van der Waals surface area contributed by atoms with Gasteiger partial charge in [-0.15, -0.1) is 0 Å². The Morgan fingerprint density at radius 1 is 1.08 bits per heavy atom. The highest BCUT2D eigenvalue weighted by molar-refractivity contribution is 5.77. The van der Waals surface area contributed by atoms with Gasteiger partial charge in [0.1, 0.15) is 0 Å². The predicted molar refractivity (Wildman–Crippen MR) is 95.1 cm³/mol. The maximum absolute atomic E-state index is 12.4. The molecule has 0 bridgehead atoms. The summed E-state index contributed by atoms with van der Waals surface area (Å²) in [4.78, 5) is 30.7. The molecule has 132 valence electrons. The van der Waals surface area contributed by atoms with Crippen LogP contribution in [0, 0.1) is 0 Å². The number of amides is 2. The number of quaternary nitrogens is 1. The molecule has 0 saturated carbocycles. The third-order valence-electron chi connectivity index (χ3n) is 4.62. The molecular formula is C18H29N4O2+. The standard InChI is InChI=1S/C18H28N4O2/c1-15(23)22-11-9-21(10-12-22)14-18(24)20(4)13-16-5-7-17(8-6-16)19(2)3/h5-8H,9-14H2,1-4H3/p+1. The summed E-state index contributed by atoms with van der Waals surface area (Å²) in [6.07, 6.45) is 0. The van der Waals surface area contributed by atoms with Gasteiger partial charge in [-0.2, -0.15) is 0 Å². The summed E-state index contributed by atoms with van der Waals surface area (Å²) in [5.74, 6) is 0.275.